The van der Waals surface area contributed by atoms with Gasteiger partial charge in [-0.25, -0.2) is 0 Å². The SMILES string of the molecule is Cc1nc[n+](N(CCCCCCN(C)C2CC(C)(C)NC(C)(C)C2)C2CC(C)(C)NC(C)(C)C2)c(NC(C)(C)CC(C)(C)C)n1. The van der Waals surface area contributed by atoms with E-state index in [4.69, 9.17) is 9.97 Å². The molecule has 0 aliphatic carbocycles. The highest BCUT2D eigenvalue weighted by Gasteiger charge is 2.42. The molecule has 8 nitrogen and oxygen atoms in total. The van der Waals surface area contributed by atoms with Crippen molar-refractivity contribution in [3.8, 4) is 0 Å². The number of hydrogen-bond donors (Lipinski definition) is 3. The Hall–Kier alpha value is -1.51. The normalized spacial score (nSPS) is 22.0. The van der Waals surface area contributed by atoms with E-state index in [1.54, 1.807) is 0 Å². The zero-order chi connectivity index (χ0) is 34.1. The number of hydrogen-bond acceptors (Lipinski definition) is 7. The average molecular weight is 630 g/mol. The van der Waals surface area contributed by atoms with E-state index in [-0.39, 0.29) is 33.1 Å². The van der Waals surface area contributed by atoms with Gasteiger partial charge in [-0.1, -0.05) is 38.6 Å². The van der Waals surface area contributed by atoms with Gasteiger partial charge in [-0.2, -0.15) is 0 Å². The highest BCUT2D eigenvalue weighted by Crippen LogP contribution is 2.33. The first-order valence-electron chi connectivity index (χ1n) is 18.0. The van der Waals surface area contributed by atoms with Gasteiger partial charge < -0.3 is 15.5 Å². The molecular formula is C37H73N8+. The second-order valence-electron chi connectivity index (χ2n) is 19.3. The number of anilines is 1. The predicted molar refractivity (Wildman–Crippen MR) is 192 cm³/mol. The summed E-state index contributed by atoms with van der Waals surface area (Å²) >= 11 is 0. The third-order valence-electron chi connectivity index (χ3n) is 9.57. The fourth-order valence-corrected chi connectivity index (χ4v) is 9.07. The molecule has 0 unspecified atom stereocenters. The fraction of sp³-hybridized carbons (Fsp3) is 0.919. The van der Waals surface area contributed by atoms with E-state index in [9.17, 15) is 0 Å². The lowest BCUT2D eigenvalue weighted by Crippen LogP contribution is -2.71. The van der Waals surface area contributed by atoms with E-state index in [0.29, 0.717) is 12.1 Å². The summed E-state index contributed by atoms with van der Waals surface area (Å²) in [5, 5.41) is 14.2. The summed E-state index contributed by atoms with van der Waals surface area (Å²) in [6, 6.07) is 1.03. The molecule has 0 aromatic carbocycles. The van der Waals surface area contributed by atoms with Gasteiger partial charge in [0.05, 0.1) is 11.6 Å². The summed E-state index contributed by atoms with van der Waals surface area (Å²) in [5.41, 5.74) is 0.588. The third kappa shape index (κ3) is 12.2. The number of unbranched alkanes of at least 4 members (excludes halogenated alkanes) is 3. The second kappa shape index (κ2) is 13.9. The molecule has 0 amide bonds. The monoisotopic (exact) mass is 630 g/mol. The second-order valence-corrected chi connectivity index (χ2v) is 19.3. The first-order chi connectivity index (χ1) is 20.4. The van der Waals surface area contributed by atoms with Crippen molar-refractivity contribution in [1.29, 1.82) is 0 Å². The van der Waals surface area contributed by atoms with Crippen LogP contribution in [0.25, 0.3) is 0 Å². The molecule has 2 fully saturated rings. The Morgan fingerprint density at radius 3 is 1.73 bits per heavy atom. The minimum atomic E-state index is -0.107. The van der Waals surface area contributed by atoms with E-state index in [0.717, 1.165) is 44.0 Å². The Morgan fingerprint density at radius 2 is 1.24 bits per heavy atom. The van der Waals surface area contributed by atoms with Crippen LogP contribution in [0.1, 0.15) is 154 Å². The van der Waals surface area contributed by atoms with Crippen molar-refractivity contribution in [2.75, 3.05) is 30.5 Å². The lowest BCUT2D eigenvalue weighted by Gasteiger charge is -2.49. The van der Waals surface area contributed by atoms with Gasteiger partial charge >= 0.3 is 5.95 Å². The van der Waals surface area contributed by atoms with Crippen LogP contribution in [0.15, 0.2) is 6.33 Å². The molecule has 0 spiro atoms. The van der Waals surface area contributed by atoms with Crippen molar-refractivity contribution in [1.82, 2.24) is 25.5 Å². The van der Waals surface area contributed by atoms with E-state index in [1.165, 1.54) is 38.6 Å². The fourth-order valence-electron chi connectivity index (χ4n) is 9.07. The molecule has 2 aliphatic rings. The zero-order valence-electron chi connectivity index (χ0n) is 32.2. The number of piperidine rings is 2. The Morgan fingerprint density at radius 1 is 0.778 bits per heavy atom. The molecule has 0 atom stereocenters. The quantitative estimate of drug-likeness (QED) is 0.165. The summed E-state index contributed by atoms with van der Waals surface area (Å²) in [4.78, 5) is 12.3. The Labute approximate surface area is 278 Å². The summed E-state index contributed by atoms with van der Waals surface area (Å²) in [5.74, 6) is 1.70. The van der Waals surface area contributed by atoms with E-state index < -0.39 is 0 Å². The molecular weight excluding hydrogens is 556 g/mol. The lowest BCUT2D eigenvalue weighted by molar-refractivity contribution is -0.690. The summed E-state index contributed by atoms with van der Waals surface area (Å²) in [6.07, 6.45) is 12.5. The molecule has 2 aliphatic heterocycles. The maximum atomic E-state index is 4.99. The van der Waals surface area contributed by atoms with Crippen LogP contribution in [0.2, 0.25) is 0 Å². The van der Waals surface area contributed by atoms with Gasteiger partial charge in [-0.3, -0.25) is 10.3 Å². The van der Waals surface area contributed by atoms with Gasteiger partial charge in [0.1, 0.15) is 0 Å². The van der Waals surface area contributed by atoms with Crippen molar-refractivity contribution in [3.63, 3.8) is 0 Å². The van der Waals surface area contributed by atoms with Crippen molar-refractivity contribution in [2.45, 2.75) is 194 Å². The largest absolute Gasteiger partial charge is 0.371 e. The number of aryl methyl sites for hydroxylation is 1. The molecule has 0 radical (unpaired) electrons. The zero-order valence-corrected chi connectivity index (χ0v) is 32.2. The predicted octanol–water partition coefficient (Wildman–Crippen LogP) is 6.75. The summed E-state index contributed by atoms with van der Waals surface area (Å²) in [6.45, 7) is 34.5. The van der Waals surface area contributed by atoms with Gasteiger partial charge in [-0.15, -0.1) is 9.66 Å². The van der Waals surface area contributed by atoms with Gasteiger partial charge in [0.2, 0.25) is 12.2 Å². The smallest absolute Gasteiger partial charge is 0.307 e. The molecule has 3 heterocycles. The van der Waals surface area contributed by atoms with E-state index in [2.05, 4.69) is 128 Å². The molecule has 3 rings (SSSR count). The Kier molecular flexibility index (Phi) is 11.7. The highest BCUT2D eigenvalue weighted by molar-refractivity contribution is 5.23. The highest BCUT2D eigenvalue weighted by atomic mass is 15.6. The van der Waals surface area contributed by atoms with Gasteiger partial charge in [0.25, 0.3) is 0 Å². The van der Waals surface area contributed by atoms with Gasteiger partial charge in [-0.05, 0) is 133 Å². The number of nitrogens with zero attached hydrogens (tertiary/aromatic N) is 5. The number of nitrogens with one attached hydrogen (secondary N) is 3. The van der Waals surface area contributed by atoms with Crippen molar-refractivity contribution < 1.29 is 4.68 Å². The topological polar surface area (TPSA) is 72.2 Å². The van der Waals surface area contributed by atoms with Crippen LogP contribution in [0.4, 0.5) is 5.95 Å². The van der Waals surface area contributed by atoms with Crippen LogP contribution >= 0.6 is 0 Å². The van der Waals surface area contributed by atoms with Gasteiger partial charge in [0, 0.05) is 41.7 Å². The minimum absolute atomic E-state index is 0.0538. The molecule has 8 heteroatoms. The van der Waals surface area contributed by atoms with Crippen molar-refractivity contribution >= 4 is 5.95 Å². The van der Waals surface area contributed by atoms with Crippen LogP contribution in [0.3, 0.4) is 0 Å². The maximum Gasteiger partial charge on any atom is 0.371 e. The molecule has 2 saturated heterocycles. The molecule has 260 valence electrons. The number of aromatic nitrogens is 3. The van der Waals surface area contributed by atoms with Crippen LogP contribution in [-0.4, -0.2) is 74.8 Å². The van der Waals surface area contributed by atoms with E-state index in [1.807, 2.05) is 13.3 Å². The molecule has 45 heavy (non-hydrogen) atoms. The van der Waals surface area contributed by atoms with Crippen LogP contribution < -0.4 is 25.6 Å². The first kappa shape index (κ1) is 37.9. The standard InChI is InChI=1S/C37H72N8/c1-28-38-27-45(31(39-28)40-37(13,14)26-32(2,3)4)44(30-24-35(9,10)42-36(11,12)25-30)21-19-17-16-18-20-43(15)29-22-33(5,6)41-34(7,8)23-29/h27,29-30,41-42H,16-26H2,1-15H3/p+1. The minimum Gasteiger partial charge on any atom is -0.307 e. The van der Waals surface area contributed by atoms with Gasteiger partial charge in [0.15, 0.2) is 0 Å². The molecule has 1 aromatic rings. The summed E-state index contributed by atoms with van der Waals surface area (Å²) < 4.78 is 2.26. The van der Waals surface area contributed by atoms with Crippen LogP contribution in [0.5, 0.6) is 0 Å². The van der Waals surface area contributed by atoms with Crippen molar-refractivity contribution in [3.05, 3.63) is 12.2 Å². The van der Waals surface area contributed by atoms with Crippen LogP contribution in [-0.2, 0) is 0 Å². The first-order valence-corrected chi connectivity index (χ1v) is 18.0. The average Bonchev–Trinajstić information content (AvgIpc) is 2.78. The molecule has 3 N–H and O–H groups in total. The Bertz CT molecular complexity index is 1070. The van der Waals surface area contributed by atoms with Crippen molar-refractivity contribution in [2.24, 2.45) is 5.41 Å². The molecule has 0 bridgehead atoms. The molecule has 0 saturated carbocycles. The third-order valence-corrected chi connectivity index (χ3v) is 9.57. The van der Waals surface area contributed by atoms with E-state index >= 15 is 0 Å². The number of rotatable bonds is 13. The molecule has 1 aromatic heterocycles. The summed E-state index contributed by atoms with van der Waals surface area (Å²) in [7, 11) is 2.34. The lowest BCUT2D eigenvalue weighted by atomic mass is 9.79. The van der Waals surface area contributed by atoms with Crippen LogP contribution in [0, 0.1) is 12.3 Å². The maximum absolute atomic E-state index is 4.99. The Balaban J connectivity index is 1.72.